The molecule has 23 heavy (non-hydrogen) atoms. The lowest BCUT2D eigenvalue weighted by atomic mass is 9.99. The standard InChI is InChI=1S/C15H21N3O4S/c1-21-11-15(7-4-8-16-15)10-17-23(19,20)9-13-12-5-2-3-6-14(12)22-18-13/h2-3,5-6,16-17H,4,7-11H2,1H3. The first-order valence-electron chi connectivity index (χ1n) is 7.58. The zero-order chi connectivity index (χ0) is 16.3. The highest BCUT2D eigenvalue weighted by Crippen LogP contribution is 2.21. The fourth-order valence-corrected chi connectivity index (χ4v) is 4.16. The minimum atomic E-state index is -3.51. The molecule has 1 aromatic carbocycles. The van der Waals surface area contributed by atoms with Crippen molar-refractivity contribution < 1.29 is 17.7 Å². The molecule has 0 bridgehead atoms. The number of para-hydroxylation sites is 1. The largest absolute Gasteiger partial charge is 0.383 e. The van der Waals surface area contributed by atoms with Crippen molar-refractivity contribution in [2.24, 2.45) is 0 Å². The lowest BCUT2D eigenvalue weighted by molar-refractivity contribution is 0.122. The first-order chi connectivity index (χ1) is 11.0. The van der Waals surface area contributed by atoms with Crippen LogP contribution in [0.15, 0.2) is 28.8 Å². The van der Waals surface area contributed by atoms with Gasteiger partial charge in [-0.05, 0) is 31.5 Å². The van der Waals surface area contributed by atoms with Crippen LogP contribution in [0.2, 0.25) is 0 Å². The van der Waals surface area contributed by atoms with E-state index in [4.69, 9.17) is 9.26 Å². The minimum absolute atomic E-state index is 0.201. The lowest BCUT2D eigenvalue weighted by Crippen LogP contribution is -2.53. The predicted octanol–water partition coefficient (Wildman–Crippen LogP) is 1.02. The highest BCUT2D eigenvalue weighted by atomic mass is 32.2. The third-order valence-electron chi connectivity index (χ3n) is 4.16. The van der Waals surface area contributed by atoms with Gasteiger partial charge in [0.2, 0.25) is 10.0 Å². The smallest absolute Gasteiger partial charge is 0.217 e. The fourth-order valence-electron chi connectivity index (χ4n) is 2.99. The van der Waals surface area contributed by atoms with Crippen LogP contribution in [0.5, 0.6) is 0 Å². The Morgan fingerprint density at radius 1 is 1.43 bits per heavy atom. The van der Waals surface area contributed by atoms with Gasteiger partial charge >= 0.3 is 0 Å². The number of rotatable bonds is 7. The molecule has 1 aliphatic heterocycles. The Morgan fingerprint density at radius 3 is 3.00 bits per heavy atom. The second-order valence-corrected chi connectivity index (χ2v) is 7.76. The zero-order valence-electron chi connectivity index (χ0n) is 13.0. The molecular weight excluding hydrogens is 318 g/mol. The summed E-state index contributed by atoms with van der Waals surface area (Å²) >= 11 is 0. The second kappa shape index (κ2) is 6.56. The van der Waals surface area contributed by atoms with Crippen molar-refractivity contribution in [3.05, 3.63) is 30.0 Å². The van der Waals surface area contributed by atoms with Crippen LogP contribution >= 0.6 is 0 Å². The van der Waals surface area contributed by atoms with Crippen LogP contribution < -0.4 is 10.0 Å². The quantitative estimate of drug-likeness (QED) is 0.782. The average molecular weight is 339 g/mol. The highest BCUT2D eigenvalue weighted by Gasteiger charge is 2.34. The number of nitrogens with one attached hydrogen (secondary N) is 2. The summed E-state index contributed by atoms with van der Waals surface area (Å²) in [5, 5.41) is 7.95. The molecule has 7 nitrogen and oxygen atoms in total. The number of ether oxygens (including phenoxy) is 1. The van der Waals surface area contributed by atoms with Gasteiger partial charge in [-0.25, -0.2) is 13.1 Å². The first kappa shape index (κ1) is 16.4. The van der Waals surface area contributed by atoms with Gasteiger partial charge in [0.25, 0.3) is 0 Å². The number of sulfonamides is 1. The molecule has 2 heterocycles. The number of benzene rings is 1. The zero-order valence-corrected chi connectivity index (χ0v) is 13.9. The number of nitrogens with zero attached hydrogens (tertiary/aromatic N) is 1. The summed E-state index contributed by atoms with van der Waals surface area (Å²) in [6.07, 6.45) is 1.90. The van der Waals surface area contributed by atoms with Gasteiger partial charge in [-0.15, -0.1) is 0 Å². The number of fused-ring (bicyclic) bond motifs is 1. The van der Waals surface area contributed by atoms with E-state index in [9.17, 15) is 8.42 Å². The Bertz CT molecular complexity index is 766. The predicted molar refractivity (Wildman–Crippen MR) is 86.5 cm³/mol. The van der Waals surface area contributed by atoms with Crippen molar-refractivity contribution in [3.63, 3.8) is 0 Å². The summed E-state index contributed by atoms with van der Waals surface area (Å²) in [4.78, 5) is 0. The fraction of sp³-hybridized carbons (Fsp3) is 0.533. The molecule has 2 aromatic rings. The maximum absolute atomic E-state index is 12.4. The number of hydrogen-bond acceptors (Lipinski definition) is 6. The lowest BCUT2D eigenvalue weighted by Gasteiger charge is -2.28. The molecule has 1 atom stereocenters. The Hall–Kier alpha value is -1.48. The van der Waals surface area contributed by atoms with Gasteiger partial charge in [-0.1, -0.05) is 17.3 Å². The third-order valence-corrected chi connectivity index (χ3v) is 5.40. The van der Waals surface area contributed by atoms with E-state index in [1.54, 1.807) is 13.2 Å². The summed E-state index contributed by atoms with van der Waals surface area (Å²) in [6.45, 7) is 1.65. The summed E-state index contributed by atoms with van der Waals surface area (Å²) < 4.78 is 37.8. The first-order valence-corrected chi connectivity index (χ1v) is 9.23. The van der Waals surface area contributed by atoms with Gasteiger partial charge in [-0.3, -0.25) is 0 Å². The Morgan fingerprint density at radius 2 is 2.26 bits per heavy atom. The molecule has 0 aliphatic carbocycles. The van der Waals surface area contributed by atoms with Crippen LogP contribution in [0.4, 0.5) is 0 Å². The van der Waals surface area contributed by atoms with E-state index in [1.807, 2.05) is 18.2 Å². The van der Waals surface area contributed by atoms with Crippen molar-refractivity contribution in [1.29, 1.82) is 0 Å². The highest BCUT2D eigenvalue weighted by molar-refractivity contribution is 7.88. The molecule has 2 N–H and O–H groups in total. The van der Waals surface area contributed by atoms with Crippen LogP contribution in [0, 0.1) is 0 Å². The van der Waals surface area contributed by atoms with Crippen molar-refractivity contribution in [3.8, 4) is 0 Å². The average Bonchev–Trinajstić information content (AvgIpc) is 3.14. The Balaban J connectivity index is 1.69. The van der Waals surface area contributed by atoms with Crippen molar-refractivity contribution in [2.75, 3.05) is 26.8 Å². The molecule has 0 spiro atoms. The van der Waals surface area contributed by atoms with E-state index in [0.29, 0.717) is 24.4 Å². The Labute approximate surface area is 135 Å². The molecule has 1 aromatic heterocycles. The van der Waals surface area contributed by atoms with Crippen molar-refractivity contribution in [1.82, 2.24) is 15.2 Å². The molecule has 8 heteroatoms. The van der Waals surface area contributed by atoms with Crippen LogP contribution in [0.3, 0.4) is 0 Å². The normalized spacial score (nSPS) is 22.0. The molecule has 1 fully saturated rings. The van der Waals surface area contributed by atoms with Crippen LogP contribution in [-0.2, 0) is 20.5 Å². The van der Waals surface area contributed by atoms with E-state index in [-0.39, 0.29) is 11.3 Å². The molecular formula is C15H21N3O4S. The number of aromatic nitrogens is 1. The SMILES string of the molecule is COCC1(CNS(=O)(=O)Cc2noc3ccccc23)CCCN1. The number of hydrogen-bond donors (Lipinski definition) is 2. The van der Waals surface area contributed by atoms with Gasteiger partial charge in [0.15, 0.2) is 5.58 Å². The molecule has 3 rings (SSSR count). The maximum Gasteiger partial charge on any atom is 0.217 e. The summed E-state index contributed by atoms with van der Waals surface area (Å²) in [6, 6.07) is 7.23. The van der Waals surface area contributed by atoms with E-state index < -0.39 is 10.0 Å². The van der Waals surface area contributed by atoms with Crippen LogP contribution in [0.25, 0.3) is 11.0 Å². The monoisotopic (exact) mass is 339 g/mol. The van der Waals surface area contributed by atoms with Gasteiger partial charge in [-0.2, -0.15) is 0 Å². The van der Waals surface area contributed by atoms with E-state index in [1.165, 1.54) is 0 Å². The van der Waals surface area contributed by atoms with Gasteiger partial charge in [0.05, 0.1) is 12.1 Å². The summed E-state index contributed by atoms with van der Waals surface area (Å²) in [5.74, 6) is -0.201. The van der Waals surface area contributed by atoms with Crippen molar-refractivity contribution >= 4 is 21.0 Å². The molecule has 1 unspecified atom stereocenters. The van der Waals surface area contributed by atoms with E-state index in [0.717, 1.165) is 24.8 Å². The van der Waals surface area contributed by atoms with Crippen molar-refractivity contribution in [2.45, 2.75) is 24.1 Å². The topological polar surface area (TPSA) is 93.5 Å². The van der Waals surface area contributed by atoms with Gasteiger partial charge in [0.1, 0.15) is 11.4 Å². The number of methoxy groups -OCH3 is 1. The third kappa shape index (κ3) is 3.72. The van der Waals surface area contributed by atoms with E-state index >= 15 is 0 Å². The molecule has 126 valence electrons. The molecule has 1 saturated heterocycles. The van der Waals surface area contributed by atoms with Crippen LogP contribution in [0.1, 0.15) is 18.5 Å². The summed E-state index contributed by atoms with van der Waals surface area (Å²) in [7, 11) is -1.89. The Kier molecular flexibility index (Phi) is 4.67. The molecule has 0 amide bonds. The minimum Gasteiger partial charge on any atom is -0.383 e. The van der Waals surface area contributed by atoms with E-state index in [2.05, 4.69) is 15.2 Å². The molecule has 0 radical (unpaired) electrons. The second-order valence-electron chi connectivity index (χ2n) is 5.95. The molecule has 0 saturated carbocycles. The van der Waals surface area contributed by atoms with Crippen LogP contribution in [-0.4, -0.2) is 45.9 Å². The van der Waals surface area contributed by atoms with Gasteiger partial charge < -0.3 is 14.6 Å². The summed E-state index contributed by atoms with van der Waals surface area (Å²) in [5.41, 5.74) is 0.688. The maximum atomic E-state index is 12.4. The molecule has 1 aliphatic rings. The van der Waals surface area contributed by atoms with Gasteiger partial charge in [0, 0.05) is 19.0 Å².